The van der Waals surface area contributed by atoms with Crippen LogP contribution in [-0.2, 0) is 0 Å². The highest BCUT2D eigenvalue weighted by molar-refractivity contribution is 5.76. The molecule has 5 nitrogen and oxygen atoms in total. The fraction of sp³-hybridized carbons (Fsp3) is 0.154. The van der Waals surface area contributed by atoms with E-state index in [9.17, 15) is 4.79 Å². The standard InChI is InChI=1S/C13H12N2O3/c1-17-12-7-11(14-15-13(12)18-2)10-5-3-9(8-16)4-6-10/h3-8H,1-2H3. The van der Waals surface area contributed by atoms with Gasteiger partial charge < -0.3 is 9.47 Å². The maximum Gasteiger partial charge on any atom is 0.276 e. The van der Waals surface area contributed by atoms with Crippen LogP contribution >= 0.6 is 0 Å². The predicted molar refractivity (Wildman–Crippen MR) is 66.0 cm³/mol. The molecular weight excluding hydrogens is 232 g/mol. The molecule has 0 bridgehead atoms. The summed E-state index contributed by atoms with van der Waals surface area (Å²) < 4.78 is 10.2. The van der Waals surface area contributed by atoms with E-state index in [-0.39, 0.29) is 0 Å². The molecule has 0 fully saturated rings. The third-order valence-electron chi connectivity index (χ3n) is 2.48. The van der Waals surface area contributed by atoms with Gasteiger partial charge >= 0.3 is 0 Å². The minimum atomic E-state index is 0.339. The Labute approximate surface area is 104 Å². The van der Waals surface area contributed by atoms with Gasteiger partial charge in [0.05, 0.1) is 19.9 Å². The molecule has 0 spiro atoms. The number of ether oxygens (including phenoxy) is 2. The van der Waals surface area contributed by atoms with E-state index in [0.717, 1.165) is 11.8 Å². The van der Waals surface area contributed by atoms with E-state index in [1.165, 1.54) is 7.11 Å². The van der Waals surface area contributed by atoms with Gasteiger partial charge in [0, 0.05) is 17.2 Å². The molecule has 5 heteroatoms. The maximum atomic E-state index is 10.6. The van der Waals surface area contributed by atoms with Gasteiger partial charge in [-0.15, -0.1) is 10.2 Å². The first kappa shape index (κ1) is 12.0. The first-order chi connectivity index (χ1) is 8.78. The molecule has 2 rings (SSSR count). The first-order valence-corrected chi connectivity index (χ1v) is 5.30. The van der Waals surface area contributed by atoms with Crippen LogP contribution in [0.1, 0.15) is 10.4 Å². The highest BCUT2D eigenvalue weighted by Crippen LogP contribution is 2.27. The number of benzene rings is 1. The lowest BCUT2D eigenvalue weighted by molar-refractivity contribution is 0.112. The van der Waals surface area contributed by atoms with Crippen molar-refractivity contribution in [3.8, 4) is 22.9 Å². The van der Waals surface area contributed by atoms with Gasteiger partial charge in [-0.3, -0.25) is 4.79 Å². The zero-order valence-corrected chi connectivity index (χ0v) is 10.1. The summed E-state index contributed by atoms with van der Waals surface area (Å²) >= 11 is 0. The van der Waals surface area contributed by atoms with Crippen molar-refractivity contribution in [2.75, 3.05) is 14.2 Å². The first-order valence-electron chi connectivity index (χ1n) is 5.30. The molecular formula is C13H12N2O3. The van der Waals surface area contributed by atoms with Crippen LogP contribution in [0.25, 0.3) is 11.3 Å². The SMILES string of the molecule is COc1cc(-c2ccc(C=O)cc2)nnc1OC. The van der Waals surface area contributed by atoms with Gasteiger partial charge in [-0.25, -0.2) is 0 Å². The zero-order valence-electron chi connectivity index (χ0n) is 10.1. The van der Waals surface area contributed by atoms with Gasteiger partial charge in [-0.1, -0.05) is 24.3 Å². The van der Waals surface area contributed by atoms with E-state index < -0.39 is 0 Å². The second-order valence-corrected chi connectivity index (χ2v) is 3.55. The Bertz CT molecular complexity index is 553. The minimum Gasteiger partial charge on any atom is -0.491 e. The Hall–Kier alpha value is -2.43. The van der Waals surface area contributed by atoms with E-state index in [1.54, 1.807) is 37.4 Å². The number of hydrogen-bond donors (Lipinski definition) is 0. The van der Waals surface area contributed by atoms with Crippen LogP contribution in [0.4, 0.5) is 0 Å². The van der Waals surface area contributed by atoms with Gasteiger partial charge in [-0.2, -0.15) is 0 Å². The summed E-state index contributed by atoms with van der Waals surface area (Å²) in [5.41, 5.74) is 2.13. The van der Waals surface area contributed by atoms with Crippen molar-refractivity contribution in [1.29, 1.82) is 0 Å². The second kappa shape index (κ2) is 5.27. The number of nitrogens with zero attached hydrogens (tertiary/aromatic N) is 2. The Kier molecular flexibility index (Phi) is 3.52. The van der Waals surface area contributed by atoms with Crippen molar-refractivity contribution in [2.45, 2.75) is 0 Å². The summed E-state index contributed by atoms with van der Waals surface area (Å²) in [6.45, 7) is 0. The van der Waals surface area contributed by atoms with Gasteiger partial charge in [0.2, 0.25) is 0 Å². The van der Waals surface area contributed by atoms with Gasteiger partial charge in [0.25, 0.3) is 5.88 Å². The summed E-state index contributed by atoms with van der Waals surface area (Å²) in [7, 11) is 3.05. The quantitative estimate of drug-likeness (QED) is 0.769. The van der Waals surface area contributed by atoms with Crippen LogP contribution < -0.4 is 9.47 Å². The number of hydrogen-bond acceptors (Lipinski definition) is 5. The Morgan fingerprint density at radius 2 is 1.78 bits per heavy atom. The molecule has 1 aromatic heterocycles. The fourth-order valence-corrected chi connectivity index (χ4v) is 1.52. The minimum absolute atomic E-state index is 0.339. The van der Waals surface area contributed by atoms with Crippen molar-refractivity contribution < 1.29 is 14.3 Å². The topological polar surface area (TPSA) is 61.3 Å². The summed E-state index contributed by atoms with van der Waals surface area (Å²) in [6.07, 6.45) is 0.796. The summed E-state index contributed by atoms with van der Waals surface area (Å²) in [4.78, 5) is 10.6. The number of aromatic nitrogens is 2. The Morgan fingerprint density at radius 1 is 1.06 bits per heavy atom. The highest BCUT2D eigenvalue weighted by atomic mass is 16.5. The van der Waals surface area contributed by atoms with Crippen molar-refractivity contribution in [3.63, 3.8) is 0 Å². The lowest BCUT2D eigenvalue weighted by Crippen LogP contribution is -1.97. The molecule has 18 heavy (non-hydrogen) atoms. The lowest BCUT2D eigenvalue weighted by atomic mass is 10.1. The largest absolute Gasteiger partial charge is 0.491 e. The predicted octanol–water partition coefficient (Wildman–Crippen LogP) is 1.97. The van der Waals surface area contributed by atoms with E-state index >= 15 is 0 Å². The summed E-state index contributed by atoms with van der Waals surface area (Å²) in [6, 6.07) is 8.79. The van der Waals surface area contributed by atoms with Gasteiger partial charge in [0.15, 0.2) is 5.75 Å². The number of carbonyl (C=O) groups excluding carboxylic acids is 1. The highest BCUT2D eigenvalue weighted by Gasteiger charge is 2.09. The number of aldehydes is 1. The molecule has 0 saturated carbocycles. The average Bonchev–Trinajstić information content (AvgIpc) is 2.46. The van der Waals surface area contributed by atoms with Gasteiger partial charge in [-0.05, 0) is 0 Å². The maximum absolute atomic E-state index is 10.6. The van der Waals surface area contributed by atoms with Crippen molar-refractivity contribution in [3.05, 3.63) is 35.9 Å². The molecule has 0 N–H and O–H groups in total. The molecule has 0 unspecified atom stereocenters. The normalized spacial score (nSPS) is 9.89. The summed E-state index contributed by atoms with van der Waals surface area (Å²) in [5, 5.41) is 7.96. The molecule has 1 aromatic carbocycles. The molecule has 0 atom stereocenters. The molecule has 0 saturated heterocycles. The molecule has 2 aromatic rings. The van der Waals surface area contributed by atoms with E-state index in [1.807, 2.05) is 0 Å². The van der Waals surface area contributed by atoms with Crippen molar-refractivity contribution >= 4 is 6.29 Å². The molecule has 0 aliphatic carbocycles. The van der Waals surface area contributed by atoms with E-state index in [0.29, 0.717) is 22.9 Å². The van der Waals surface area contributed by atoms with Crippen molar-refractivity contribution in [1.82, 2.24) is 10.2 Å². The van der Waals surface area contributed by atoms with Crippen LogP contribution in [0, 0.1) is 0 Å². The molecule has 0 aliphatic rings. The zero-order chi connectivity index (χ0) is 13.0. The number of methoxy groups -OCH3 is 2. The third kappa shape index (κ3) is 2.29. The van der Waals surface area contributed by atoms with E-state index in [4.69, 9.17) is 9.47 Å². The molecule has 0 amide bonds. The Balaban J connectivity index is 2.40. The monoisotopic (exact) mass is 244 g/mol. The smallest absolute Gasteiger partial charge is 0.276 e. The molecule has 0 radical (unpaired) electrons. The van der Waals surface area contributed by atoms with Crippen LogP contribution in [0.3, 0.4) is 0 Å². The summed E-state index contributed by atoms with van der Waals surface area (Å²) in [5.74, 6) is 0.854. The number of carbonyl (C=O) groups is 1. The number of rotatable bonds is 4. The van der Waals surface area contributed by atoms with Crippen LogP contribution in [0.15, 0.2) is 30.3 Å². The Morgan fingerprint density at radius 3 is 2.33 bits per heavy atom. The molecule has 92 valence electrons. The van der Waals surface area contributed by atoms with Crippen LogP contribution in [-0.4, -0.2) is 30.7 Å². The molecule has 0 aliphatic heterocycles. The average molecular weight is 244 g/mol. The lowest BCUT2D eigenvalue weighted by Gasteiger charge is -2.07. The van der Waals surface area contributed by atoms with Crippen molar-refractivity contribution in [2.24, 2.45) is 0 Å². The van der Waals surface area contributed by atoms with Gasteiger partial charge in [0.1, 0.15) is 6.29 Å². The molecule has 1 heterocycles. The third-order valence-corrected chi connectivity index (χ3v) is 2.48. The van der Waals surface area contributed by atoms with Crippen LogP contribution in [0.2, 0.25) is 0 Å². The van der Waals surface area contributed by atoms with E-state index in [2.05, 4.69) is 10.2 Å². The fourth-order valence-electron chi connectivity index (χ4n) is 1.52. The van der Waals surface area contributed by atoms with Crippen LogP contribution in [0.5, 0.6) is 11.6 Å². The second-order valence-electron chi connectivity index (χ2n) is 3.55.